The lowest BCUT2D eigenvalue weighted by atomic mass is 10.2. The molecule has 1 amide bonds. The van der Waals surface area contributed by atoms with Crippen molar-refractivity contribution in [1.29, 1.82) is 0 Å². The molecular formula is C14H15Cl2NO2. The highest BCUT2D eigenvalue weighted by Gasteiger charge is 2.08. The first-order valence-corrected chi connectivity index (χ1v) is 6.48. The summed E-state index contributed by atoms with van der Waals surface area (Å²) < 4.78 is 0. The number of benzene rings is 1. The topological polar surface area (TPSA) is 40.5 Å². The van der Waals surface area contributed by atoms with E-state index in [2.05, 4.69) is 6.58 Å². The molecule has 0 unspecified atom stereocenters. The summed E-state index contributed by atoms with van der Waals surface area (Å²) in [6.45, 7) is 4.14. The van der Waals surface area contributed by atoms with Crippen molar-refractivity contribution in [1.82, 2.24) is 4.90 Å². The van der Waals surface area contributed by atoms with Crippen molar-refractivity contribution < 1.29 is 9.90 Å². The lowest BCUT2D eigenvalue weighted by Crippen LogP contribution is -2.32. The summed E-state index contributed by atoms with van der Waals surface area (Å²) in [5.74, 6) is -0.208. The van der Waals surface area contributed by atoms with Gasteiger partial charge in [0, 0.05) is 29.2 Å². The van der Waals surface area contributed by atoms with E-state index in [-0.39, 0.29) is 19.1 Å². The summed E-state index contributed by atoms with van der Waals surface area (Å²) in [6, 6.07) is 5.05. The van der Waals surface area contributed by atoms with Crippen LogP contribution in [-0.4, -0.2) is 35.6 Å². The number of hydrogen-bond acceptors (Lipinski definition) is 2. The fourth-order valence-electron chi connectivity index (χ4n) is 1.47. The van der Waals surface area contributed by atoms with Crippen LogP contribution in [0.25, 0.3) is 6.08 Å². The third-order valence-corrected chi connectivity index (χ3v) is 2.96. The molecule has 1 rings (SSSR count). The van der Waals surface area contributed by atoms with Crippen LogP contribution in [0.3, 0.4) is 0 Å². The predicted octanol–water partition coefficient (Wildman–Crippen LogP) is 3.01. The van der Waals surface area contributed by atoms with E-state index in [1.165, 1.54) is 11.0 Å². The first-order valence-electron chi connectivity index (χ1n) is 5.72. The quantitative estimate of drug-likeness (QED) is 0.648. The van der Waals surface area contributed by atoms with Gasteiger partial charge in [-0.15, -0.1) is 6.58 Å². The van der Waals surface area contributed by atoms with E-state index in [1.807, 2.05) is 0 Å². The fourth-order valence-corrected chi connectivity index (χ4v) is 1.94. The monoisotopic (exact) mass is 299 g/mol. The van der Waals surface area contributed by atoms with Crippen molar-refractivity contribution in [2.75, 3.05) is 19.7 Å². The van der Waals surface area contributed by atoms with E-state index in [0.29, 0.717) is 22.2 Å². The number of carbonyl (C=O) groups excluding carboxylic acids is 1. The first kappa shape index (κ1) is 15.8. The molecule has 5 heteroatoms. The molecule has 0 spiro atoms. The minimum atomic E-state index is -0.208. The molecular weight excluding hydrogens is 285 g/mol. The minimum absolute atomic E-state index is 0.0882. The van der Waals surface area contributed by atoms with E-state index >= 15 is 0 Å². The summed E-state index contributed by atoms with van der Waals surface area (Å²) in [6.07, 6.45) is 4.64. The highest BCUT2D eigenvalue weighted by Crippen LogP contribution is 2.21. The van der Waals surface area contributed by atoms with Gasteiger partial charge in [-0.05, 0) is 23.8 Å². The van der Waals surface area contributed by atoms with Crippen molar-refractivity contribution in [3.8, 4) is 0 Å². The van der Waals surface area contributed by atoms with E-state index in [9.17, 15) is 4.79 Å². The van der Waals surface area contributed by atoms with Crippen LogP contribution >= 0.6 is 23.2 Å². The van der Waals surface area contributed by atoms with Crippen LogP contribution in [0.2, 0.25) is 10.0 Å². The number of halogens is 2. The third-order valence-electron chi connectivity index (χ3n) is 2.40. The molecule has 102 valence electrons. The maximum atomic E-state index is 11.9. The summed E-state index contributed by atoms with van der Waals surface area (Å²) in [5.41, 5.74) is 0.710. The summed E-state index contributed by atoms with van der Waals surface area (Å²) in [5, 5.41) is 9.91. The van der Waals surface area contributed by atoms with E-state index < -0.39 is 0 Å². The van der Waals surface area contributed by atoms with Gasteiger partial charge in [0.05, 0.1) is 6.61 Å². The molecule has 3 nitrogen and oxygen atoms in total. The molecule has 0 fully saturated rings. The lowest BCUT2D eigenvalue weighted by Gasteiger charge is -2.17. The average Bonchev–Trinajstić information content (AvgIpc) is 2.37. The Morgan fingerprint density at radius 2 is 2.16 bits per heavy atom. The zero-order valence-electron chi connectivity index (χ0n) is 10.4. The number of amides is 1. The van der Waals surface area contributed by atoms with Gasteiger partial charge in [0.25, 0.3) is 0 Å². The highest BCUT2D eigenvalue weighted by molar-refractivity contribution is 6.35. The Kier molecular flexibility index (Phi) is 6.64. The lowest BCUT2D eigenvalue weighted by molar-refractivity contribution is -0.125. The second kappa shape index (κ2) is 8.00. The molecule has 0 saturated carbocycles. The minimum Gasteiger partial charge on any atom is -0.395 e. The van der Waals surface area contributed by atoms with Gasteiger partial charge in [0.15, 0.2) is 0 Å². The van der Waals surface area contributed by atoms with Crippen LogP contribution in [0.15, 0.2) is 36.9 Å². The molecule has 0 aliphatic rings. The molecule has 19 heavy (non-hydrogen) atoms. The summed E-state index contributed by atoms with van der Waals surface area (Å²) >= 11 is 11.8. The number of aliphatic hydroxyl groups excluding tert-OH is 1. The van der Waals surface area contributed by atoms with Gasteiger partial charge in [-0.2, -0.15) is 0 Å². The van der Waals surface area contributed by atoms with Gasteiger partial charge in [-0.1, -0.05) is 35.3 Å². The maximum absolute atomic E-state index is 11.9. The summed E-state index contributed by atoms with van der Waals surface area (Å²) in [7, 11) is 0. The third kappa shape index (κ3) is 5.07. The summed E-state index contributed by atoms with van der Waals surface area (Å²) in [4.78, 5) is 13.4. The van der Waals surface area contributed by atoms with Gasteiger partial charge in [-0.25, -0.2) is 0 Å². The van der Waals surface area contributed by atoms with Gasteiger partial charge < -0.3 is 10.0 Å². The van der Waals surface area contributed by atoms with Gasteiger partial charge in [0.1, 0.15) is 0 Å². The molecule has 0 radical (unpaired) electrons. The Hall–Kier alpha value is -1.29. The fraction of sp³-hybridized carbons (Fsp3) is 0.214. The Bertz CT molecular complexity index is 486. The van der Waals surface area contributed by atoms with Crippen LogP contribution in [0, 0.1) is 0 Å². The number of carbonyl (C=O) groups is 1. The zero-order chi connectivity index (χ0) is 14.3. The SMILES string of the molecule is C=CCN(CCO)C(=O)/C=C/c1ccc(Cl)cc1Cl. The predicted molar refractivity (Wildman–Crippen MR) is 79.4 cm³/mol. The second-order valence-corrected chi connectivity index (χ2v) is 4.64. The molecule has 0 atom stereocenters. The Labute approximate surface area is 122 Å². The smallest absolute Gasteiger partial charge is 0.246 e. The number of nitrogens with zero attached hydrogens (tertiary/aromatic N) is 1. The molecule has 0 aliphatic carbocycles. The van der Waals surface area contributed by atoms with Gasteiger partial charge in [0.2, 0.25) is 5.91 Å². The van der Waals surface area contributed by atoms with Gasteiger partial charge in [-0.3, -0.25) is 4.79 Å². The van der Waals surface area contributed by atoms with E-state index in [1.54, 1.807) is 30.4 Å². The molecule has 0 bridgehead atoms. The Morgan fingerprint density at radius 3 is 2.74 bits per heavy atom. The molecule has 0 saturated heterocycles. The van der Waals surface area contributed by atoms with E-state index in [0.717, 1.165) is 0 Å². The van der Waals surface area contributed by atoms with E-state index in [4.69, 9.17) is 28.3 Å². The second-order valence-electron chi connectivity index (χ2n) is 3.80. The molecule has 1 aromatic carbocycles. The van der Waals surface area contributed by atoms with Crippen LogP contribution in [0.4, 0.5) is 0 Å². The maximum Gasteiger partial charge on any atom is 0.246 e. The first-order chi connectivity index (χ1) is 9.08. The number of rotatable bonds is 6. The van der Waals surface area contributed by atoms with Crippen molar-refractivity contribution in [2.24, 2.45) is 0 Å². The Balaban J connectivity index is 2.78. The Morgan fingerprint density at radius 1 is 1.42 bits per heavy atom. The molecule has 1 aromatic rings. The molecule has 0 aromatic heterocycles. The van der Waals surface area contributed by atoms with Crippen molar-refractivity contribution in [3.63, 3.8) is 0 Å². The number of aliphatic hydroxyl groups is 1. The van der Waals surface area contributed by atoms with Crippen LogP contribution < -0.4 is 0 Å². The average molecular weight is 300 g/mol. The van der Waals surface area contributed by atoms with Crippen LogP contribution in [-0.2, 0) is 4.79 Å². The molecule has 0 aliphatic heterocycles. The molecule has 1 N–H and O–H groups in total. The molecule has 0 heterocycles. The largest absolute Gasteiger partial charge is 0.395 e. The van der Waals surface area contributed by atoms with Crippen LogP contribution in [0.1, 0.15) is 5.56 Å². The zero-order valence-corrected chi connectivity index (χ0v) is 11.9. The van der Waals surface area contributed by atoms with Crippen LogP contribution in [0.5, 0.6) is 0 Å². The van der Waals surface area contributed by atoms with Crippen molar-refractivity contribution in [2.45, 2.75) is 0 Å². The standard InChI is InChI=1S/C14H15Cl2NO2/c1-2-7-17(8-9-18)14(19)6-4-11-3-5-12(15)10-13(11)16/h2-6,10,18H,1,7-9H2/b6-4+. The highest BCUT2D eigenvalue weighted by atomic mass is 35.5. The normalized spacial score (nSPS) is 10.7. The van der Waals surface area contributed by atoms with Crippen molar-refractivity contribution >= 4 is 35.2 Å². The number of hydrogen-bond donors (Lipinski definition) is 1. The van der Waals surface area contributed by atoms with Gasteiger partial charge >= 0.3 is 0 Å². The van der Waals surface area contributed by atoms with Crippen molar-refractivity contribution in [3.05, 3.63) is 52.5 Å².